The molecule has 2 aromatic rings. The number of anilines is 2. The third-order valence-corrected chi connectivity index (χ3v) is 4.61. The number of carbonyl (C=O) groups is 1. The van der Waals surface area contributed by atoms with Crippen LogP contribution in [0.25, 0.3) is 0 Å². The highest BCUT2D eigenvalue weighted by atomic mass is 16.2. The van der Waals surface area contributed by atoms with Crippen LogP contribution < -0.4 is 16.4 Å². The Labute approximate surface area is 160 Å². The van der Waals surface area contributed by atoms with Crippen LogP contribution in [-0.4, -0.2) is 30.0 Å². The lowest BCUT2D eigenvalue weighted by Gasteiger charge is -2.16. The van der Waals surface area contributed by atoms with Crippen molar-refractivity contribution in [1.29, 1.82) is 0 Å². The summed E-state index contributed by atoms with van der Waals surface area (Å²) in [6, 6.07) is 15.8. The van der Waals surface area contributed by atoms with Gasteiger partial charge in [0.2, 0.25) is 0 Å². The number of nitrogens with one attached hydrogen (secondary N) is 2. The van der Waals surface area contributed by atoms with Crippen LogP contribution in [0.15, 0.2) is 53.5 Å². The molecule has 6 heteroatoms. The smallest absolute Gasteiger partial charge is 0.321 e. The van der Waals surface area contributed by atoms with Crippen molar-refractivity contribution in [1.82, 2.24) is 4.90 Å². The Kier molecular flexibility index (Phi) is 6.30. The number of hydrogen-bond donors (Lipinski definition) is 3. The Balaban J connectivity index is 1.58. The van der Waals surface area contributed by atoms with E-state index in [9.17, 15) is 4.79 Å². The molecule has 0 saturated carbocycles. The predicted molar refractivity (Wildman–Crippen MR) is 111 cm³/mol. The topological polar surface area (TPSA) is 82.7 Å². The monoisotopic (exact) mass is 365 g/mol. The summed E-state index contributed by atoms with van der Waals surface area (Å²) >= 11 is 0. The Morgan fingerprint density at radius 2 is 1.67 bits per heavy atom. The molecule has 1 heterocycles. The van der Waals surface area contributed by atoms with Crippen LogP contribution in [0.4, 0.5) is 16.2 Å². The number of amides is 2. The number of rotatable bonds is 5. The molecular formula is C21H27N5O. The van der Waals surface area contributed by atoms with Crippen molar-refractivity contribution in [3.8, 4) is 0 Å². The molecule has 4 N–H and O–H groups in total. The number of carbonyl (C=O) groups excluding carboxylic acids is 1. The molecule has 142 valence electrons. The summed E-state index contributed by atoms with van der Waals surface area (Å²) in [5.41, 5.74) is 9.95. The number of likely N-dealkylation sites (tertiary alicyclic amines) is 1. The SMILES string of the molecule is CCc1cccc(NC(N)=NCc2cccc(NC(=O)N3CCCC3)c2)c1. The first kappa shape index (κ1) is 18.8. The summed E-state index contributed by atoms with van der Waals surface area (Å²) in [4.78, 5) is 18.5. The summed E-state index contributed by atoms with van der Waals surface area (Å²) in [7, 11) is 0. The van der Waals surface area contributed by atoms with E-state index in [1.54, 1.807) is 0 Å². The summed E-state index contributed by atoms with van der Waals surface area (Å²) in [6.45, 7) is 4.22. The number of nitrogens with two attached hydrogens (primary N) is 1. The number of aryl methyl sites for hydroxylation is 1. The lowest BCUT2D eigenvalue weighted by atomic mass is 10.1. The summed E-state index contributed by atoms with van der Waals surface area (Å²) in [6.07, 6.45) is 3.13. The molecule has 1 saturated heterocycles. The zero-order chi connectivity index (χ0) is 19.1. The van der Waals surface area contributed by atoms with Gasteiger partial charge in [-0.2, -0.15) is 0 Å². The standard InChI is InChI=1S/C21H27N5O/c1-2-16-7-5-9-18(13-16)24-20(22)23-15-17-8-6-10-19(14-17)25-21(27)26-11-3-4-12-26/h5-10,13-14H,2-4,11-12,15H2,1H3,(H,25,27)(H3,22,23,24). The molecule has 6 nitrogen and oxygen atoms in total. The van der Waals surface area contributed by atoms with E-state index in [-0.39, 0.29) is 6.03 Å². The molecular weight excluding hydrogens is 338 g/mol. The Bertz CT molecular complexity index is 812. The molecule has 27 heavy (non-hydrogen) atoms. The average Bonchev–Trinajstić information content (AvgIpc) is 3.22. The van der Waals surface area contributed by atoms with Crippen LogP contribution in [0.5, 0.6) is 0 Å². The zero-order valence-electron chi connectivity index (χ0n) is 15.7. The molecule has 1 aliphatic rings. The quantitative estimate of drug-likeness (QED) is 0.557. The van der Waals surface area contributed by atoms with Gasteiger partial charge in [-0.15, -0.1) is 0 Å². The first-order valence-corrected chi connectivity index (χ1v) is 9.45. The van der Waals surface area contributed by atoms with Crippen LogP contribution in [0.3, 0.4) is 0 Å². The summed E-state index contributed by atoms with van der Waals surface area (Å²) in [5.74, 6) is 0.370. The number of aliphatic imine (C=N–C) groups is 1. The lowest BCUT2D eigenvalue weighted by Crippen LogP contribution is -2.32. The van der Waals surface area contributed by atoms with Crippen molar-refractivity contribution in [3.05, 3.63) is 59.7 Å². The van der Waals surface area contributed by atoms with E-state index in [1.165, 1.54) is 5.56 Å². The third kappa shape index (κ3) is 5.48. The molecule has 0 unspecified atom stereocenters. The number of nitrogens with zero attached hydrogens (tertiary/aromatic N) is 2. The minimum Gasteiger partial charge on any atom is -0.370 e. The van der Waals surface area contributed by atoms with Crippen molar-refractivity contribution in [2.75, 3.05) is 23.7 Å². The highest BCUT2D eigenvalue weighted by molar-refractivity contribution is 5.92. The van der Waals surface area contributed by atoms with Crippen LogP contribution in [0.2, 0.25) is 0 Å². The van der Waals surface area contributed by atoms with E-state index in [2.05, 4.69) is 34.7 Å². The van der Waals surface area contributed by atoms with Crippen molar-refractivity contribution in [3.63, 3.8) is 0 Å². The first-order valence-electron chi connectivity index (χ1n) is 9.45. The van der Waals surface area contributed by atoms with Crippen molar-refractivity contribution in [2.24, 2.45) is 10.7 Å². The van der Waals surface area contributed by atoms with Crippen molar-refractivity contribution in [2.45, 2.75) is 32.7 Å². The van der Waals surface area contributed by atoms with Crippen molar-refractivity contribution < 1.29 is 4.79 Å². The second kappa shape index (κ2) is 9.07. The van der Waals surface area contributed by atoms with E-state index >= 15 is 0 Å². The average molecular weight is 365 g/mol. The van der Waals surface area contributed by atoms with Gasteiger partial charge in [0.25, 0.3) is 0 Å². The predicted octanol–water partition coefficient (Wildman–Crippen LogP) is 3.80. The van der Waals surface area contributed by atoms with Crippen molar-refractivity contribution >= 4 is 23.4 Å². The molecule has 3 rings (SSSR count). The molecule has 0 radical (unpaired) electrons. The second-order valence-electron chi connectivity index (χ2n) is 6.71. The minimum absolute atomic E-state index is 0.0369. The fourth-order valence-corrected chi connectivity index (χ4v) is 3.10. The highest BCUT2D eigenvalue weighted by Gasteiger charge is 2.17. The van der Waals surface area contributed by atoms with E-state index < -0.39 is 0 Å². The fourth-order valence-electron chi connectivity index (χ4n) is 3.10. The van der Waals surface area contributed by atoms with Crippen LogP contribution in [-0.2, 0) is 13.0 Å². The molecule has 2 amide bonds. The molecule has 2 aromatic carbocycles. The Hall–Kier alpha value is -3.02. The molecule has 0 atom stereocenters. The van der Waals surface area contributed by atoms with E-state index in [0.29, 0.717) is 12.5 Å². The number of benzene rings is 2. The molecule has 0 bridgehead atoms. The summed E-state index contributed by atoms with van der Waals surface area (Å²) < 4.78 is 0. The van der Waals surface area contributed by atoms with Gasteiger partial charge in [-0.05, 0) is 54.7 Å². The maximum Gasteiger partial charge on any atom is 0.321 e. The van der Waals surface area contributed by atoms with Gasteiger partial charge in [0, 0.05) is 24.5 Å². The van der Waals surface area contributed by atoms with E-state index in [4.69, 9.17) is 5.73 Å². The maximum absolute atomic E-state index is 12.2. The van der Waals surface area contributed by atoms with Gasteiger partial charge in [0.05, 0.1) is 6.54 Å². The van der Waals surface area contributed by atoms with E-state index in [1.807, 2.05) is 41.3 Å². The second-order valence-corrected chi connectivity index (χ2v) is 6.71. The Morgan fingerprint density at radius 3 is 2.37 bits per heavy atom. The first-order chi connectivity index (χ1) is 13.1. The maximum atomic E-state index is 12.2. The van der Waals surface area contributed by atoms with Crippen LogP contribution >= 0.6 is 0 Å². The molecule has 1 fully saturated rings. The molecule has 1 aliphatic heterocycles. The molecule has 0 spiro atoms. The largest absolute Gasteiger partial charge is 0.370 e. The summed E-state index contributed by atoms with van der Waals surface area (Å²) in [5, 5.41) is 6.08. The van der Waals surface area contributed by atoms with Gasteiger partial charge in [-0.25, -0.2) is 9.79 Å². The number of hydrogen-bond acceptors (Lipinski definition) is 2. The van der Waals surface area contributed by atoms with Gasteiger partial charge >= 0.3 is 6.03 Å². The van der Waals surface area contributed by atoms with Crippen LogP contribution in [0.1, 0.15) is 30.9 Å². The van der Waals surface area contributed by atoms with E-state index in [0.717, 1.165) is 49.3 Å². The lowest BCUT2D eigenvalue weighted by molar-refractivity contribution is 0.222. The normalized spacial score (nSPS) is 14.3. The number of urea groups is 1. The van der Waals surface area contributed by atoms with Gasteiger partial charge in [-0.3, -0.25) is 0 Å². The van der Waals surface area contributed by atoms with Gasteiger partial charge in [-0.1, -0.05) is 31.2 Å². The minimum atomic E-state index is -0.0369. The highest BCUT2D eigenvalue weighted by Crippen LogP contribution is 2.15. The third-order valence-electron chi connectivity index (χ3n) is 4.61. The number of guanidine groups is 1. The molecule has 0 aliphatic carbocycles. The zero-order valence-corrected chi connectivity index (χ0v) is 15.7. The van der Waals surface area contributed by atoms with Crippen LogP contribution in [0, 0.1) is 0 Å². The van der Waals surface area contributed by atoms with Gasteiger partial charge in [0.1, 0.15) is 0 Å². The van der Waals surface area contributed by atoms with Gasteiger partial charge in [0.15, 0.2) is 5.96 Å². The fraction of sp³-hybridized carbons (Fsp3) is 0.333. The molecule has 0 aromatic heterocycles. The van der Waals surface area contributed by atoms with Gasteiger partial charge < -0.3 is 21.3 Å². The Morgan fingerprint density at radius 1 is 1.04 bits per heavy atom.